The minimum atomic E-state index is -0.859. The number of hydrogen-bond donors (Lipinski definition) is 5. The van der Waals surface area contributed by atoms with Gasteiger partial charge in [0.1, 0.15) is 29.5 Å². The Balaban J connectivity index is 0.871. The zero-order valence-corrected chi connectivity index (χ0v) is 45.0. The third-order valence-electron chi connectivity index (χ3n) is 14.8. The van der Waals surface area contributed by atoms with Gasteiger partial charge in [-0.25, -0.2) is 9.37 Å². The van der Waals surface area contributed by atoms with E-state index in [2.05, 4.69) is 31.2 Å². The molecule has 2 bridgehead atoms. The fourth-order valence-electron chi connectivity index (χ4n) is 10.5. The van der Waals surface area contributed by atoms with Crippen molar-refractivity contribution in [1.29, 1.82) is 0 Å². The van der Waals surface area contributed by atoms with E-state index in [0.717, 1.165) is 40.9 Å². The lowest BCUT2D eigenvalue weighted by atomic mass is 9.85. The normalized spacial score (nSPS) is 18.8. The third kappa shape index (κ3) is 13.8. The molecule has 4 aromatic rings. The van der Waals surface area contributed by atoms with Crippen LogP contribution < -0.4 is 31.9 Å². The van der Waals surface area contributed by atoms with E-state index >= 15 is 0 Å². The molecule has 6 atom stereocenters. The number of hydrogen-bond acceptors (Lipinski definition) is 13. The van der Waals surface area contributed by atoms with Crippen molar-refractivity contribution in [3.8, 4) is 11.1 Å². The maximum atomic E-state index is 14.7. The zero-order valence-electron chi connectivity index (χ0n) is 45.0. The van der Waals surface area contributed by atoms with Gasteiger partial charge in [-0.3, -0.25) is 28.7 Å². The molecular formula is C56H78FN11O7. The van der Waals surface area contributed by atoms with Crippen molar-refractivity contribution >= 4 is 40.9 Å². The van der Waals surface area contributed by atoms with E-state index < -0.39 is 29.4 Å². The van der Waals surface area contributed by atoms with Gasteiger partial charge in [-0.1, -0.05) is 58.0 Å². The van der Waals surface area contributed by atoms with Crippen LogP contribution in [-0.4, -0.2) is 138 Å². The molecule has 406 valence electrons. The standard InChI is InChI=1S/C56H78FN11O7/c1-9-44(37-15-11-10-12-16-37)62-53(71)48-31-40(33-67(48)55(73)50(56(4,5)6)63-52(70)35(2)59-7)60-22-26-75-28-27-74-25-21-41(69)17-13-24-68-36(3)49-38-29-47(51(58)61-32-38)66-23-14-18-46(66)43-30-39(57)19-20-42(43)54(72)65(8)34-45(49)64-68/h10-12,15-16,19-20,29-30,32,35,40,44,46,48,50,59-60H,9,13-14,17-18,21-28,31,33-34H2,1-8H3,(H2,58,61)(H,62,71)(H,63,70)/t35-,40-,44+,46-,48-,50+/m1/s1. The number of nitrogens with zero attached hydrogens (tertiary/aromatic N) is 6. The molecule has 7 rings (SSSR count). The number of nitrogen functional groups attached to an aromatic ring is 1. The molecule has 6 N–H and O–H groups in total. The van der Waals surface area contributed by atoms with Crippen molar-refractivity contribution in [2.75, 3.05) is 70.8 Å². The Morgan fingerprint density at radius 3 is 2.45 bits per heavy atom. The van der Waals surface area contributed by atoms with Crippen LogP contribution >= 0.6 is 0 Å². The average Bonchev–Trinajstić information content (AvgIpc) is 4.13. The number of pyridine rings is 1. The van der Waals surface area contributed by atoms with Gasteiger partial charge in [0.05, 0.1) is 62.5 Å². The molecule has 2 aromatic heterocycles. The number of Topliss-reactive ketones (excluding diaryl/α,β-unsaturated/α-hetero) is 1. The van der Waals surface area contributed by atoms with Crippen LogP contribution in [0.5, 0.6) is 0 Å². The molecule has 5 heterocycles. The Morgan fingerprint density at radius 2 is 1.73 bits per heavy atom. The van der Waals surface area contributed by atoms with Crippen LogP contribution in [-0.2, 0) is 41.7 Å². The van der Waals surface area contributed by atoms with Gasteiger partial charge in [0.2, 0.25) is 17.7 Å². The van der Waals surface area contributed by atoms with Crippen LogP contribution in [0.3, 0.4) is 0 Å². The van der Waals surface area contributed by atoms with E-state index in [0.29, 0.717) is 87.8 Å². The summed E-state index contributed by atoms with van der Waals surface area (Å²) >= 11 is 0. The Hall–Kier alpha value is -6.28. The first-order valence-electron chi connectivity index (χ1n) is 26.6. The van der Waals surface area contributed by atoms with Gasteiger partial charge in [0.15, 0.2) is 0 Å². The molecule has 0 spiro atoms. The number of nitrogens with two attached hydrogens (primary N) is 1. The number of likely N-dealkylation sites (N-methyl/N-ethyl adjacent to an activating group) is 1. The van der Waals surface area contributed by atoms with E-state index in [1.54, 1.807) is 43.1 Å². The molecule has 0 unspecified atom stereocenters. The number of halogens is 1. The summed E-state index contributed by atoms with van der Waals surface area (Å²) in [6.45, 7) is 14.8. The average molecular weight is 1040 g/mol. The number of aryl methyl sites for hydroxylation is 1. The lowest BCUT2D eigenvalue weighted by Gasteiger charge is -2.36. The smallest absolute Gasteiger partial charge is 0.254 e. The number of ether oxygens (including phenoxy) is 2. The van der Waals surface area contributed by atoms with E-state index in [1.807, 2.05) is 75.7 Å². The Morgan fingerprint density at radius 1 is 0.987 bits per heavy atom. The summed E-state index contributed by atoms with van der Waals surface area (Å²) in [7, 11) is 3.42. The van der Waals surface area contributed by atoms with Gasteiger partial charge in [0.25, 0.3) is 5.91 Å². The second kappa shape index (κ2) is 25.5. The molecule has 2 fully saturated rings. The number of aromatic nitrogens is 3. The summed E-state index contributed by atoms with van der Waals surface area (Å²) in [5, 5.41) is 17.5. The topological polar surface area (TPSA) is 218 Å². The molecule has 2 aromatic carbocycles. The van der Waals surface area contributed by atoms with Crippen molar-refractivity contribution < 1.29 is 37.8 Å². The predicted octanol–water partition coefficient (Wildman–Crippen LogP) is 5.64. The lowest BCUT2D eigenvalue weighted by Crippen LogP contribution is -2.59. The molecule has 0 saturated carbocycles. The molecular weight excluding hydrogens is 958 g/mol. The maximum Gasteiger partial charge on any atom is 0.254 e. The van der Waals surface area contributed by atoms with Gasteiger partial charge in [-0.05, 0) is 93.8 Å². The fourth-order valence-corrected chi connectivity index (χ4v) is 10.5. The number of carbonyl (C=O) groups is 5. The summed E-state index contributed by atoms with van der Waals surface area (Å²) in [4.78, 5) is 78.5. The molecule has 3 aliphatic rings. The quantitative estimate of drug-likeness (QED) is 0.0603. The lowest BCUT2D eigenvalue weighted by molar-refractivity contribution is -0.144. The first-order chi connectivity index (χ1) is 35.9. The summed E-state index contributed by atoms with van der Waals surface area (Å²) < 4.78 is 28.2. The molecule has 18 nitrogen and oxygen atoms in total. The van der Waals surface area contributed by atoms with Crippen LogP contribution in [0.25, 0.3) is 11.1 Å². The number of amides is 4. The summed E-state index contributed by atoms with van der Waals surface area (Å²) in [5.41, 5.74) is 11.9. The number of fused-ring (bicyclic) bond motifs is 8. The summed E-state index contributed by atoms with van der Waals surface area (Å²) in [6.07, 6.45) is 5.55. The number of benzene rings is 2. The molecule has 75 heavy (non-hydrogen) atoms. The number of anilines is 2. The highest BCUT2D eigenvalue weighted by molar-refractivity contribution is 5.96. The van der Waals surface area contributed by atoms with Crippen molar-refractivity contribution in [1.82, 2.24) is 45.8 Å². The van der Waals surface area contributed by atoms with Crippen molar-refractivity contribution in [3.05, 3.63) is 94.7 Å². The number of rotatable bonds is 22. The van der Waals surface area contributed by atoms with E-state index in [4.69, 9.17) is 20.3 Å². The van der Waals surface area contributed by atoms with Gasteiger partial charge in [-0.15, -0.1) is 0 Å². The van der Waals surface area contributed by atoms with E-state index in [9.17, 15) is 28.4 Å². The minimum absolute atomic E-state index is 0.0711. The monoisotopic (exact) mass is 1040 g/mol. The van der Waals surface area contributed by atoms with Gasteiger partial charge >= 0.3 is 0 Å². The van der Waals surface area contributed by atoms with Crippen LogP contribution in [0, 0.1) is 18.2 Å². The molecule has 0 radical (unpaired) electrons. The second-order valence-electron chi connectivity index (χ2n) is 21.2. The first-order valence-corrected chi connectivity index (χ1v) is 26.6. The highest BCUT2D eigenvalue weighted by Gasteiger charge is 2.45. The van der Waals surface area contributed by atoms with Gasteiger partial charge < -0.3 is 51.2 Å². The SMILES string of the molecule is CC[C@H](NC(=O)[C@H]1C[C@@H](NCCOCCOCCC(=O)CCCn2nc3c(c2C)-c2cnc(N)c(c2)N2CCC[C@@H]2c2cc(F)ccc2C(=O)N(C)C3)CN1C(=O)[C@H](NC(=O)[C@@H](C)NC)C(C)(C)C)c1ccccc1. The fraction of sp³-hybridized carbons (Fsp3) is 0.554. The van der Waals surface area contributed by atoms with Gasteiger partial charge in [-0.2, -0.15) is 5.10 Å². The first kappa shape index (κ1) is 56.4. The largest absolute Gasteiger partial charge is 0.382 e. The van der Waals surface area contributed by atoms with Crippen molar-refractivity contribution in [2.45, 2.75) is 136 Å². The van der Waals surface area contributed by atoms with Crippen molar-refractivity contribution in [3.63, 3.8) is 0 Å². The highest BCUT2D eigenvalue weighted by atomic mass is 19.1. The van der Waals surface area contributed by atoms with Gasteiger partial charge in [0, 0.05) is 80.7 Å². The predicted molar refractivity (Wildman–Crippen MR) is 286 cm³/mol. The molecule has 0 aliphatic carbocycles. The molecule has 4 amide bonds. The third-order valence-corrected chi connectivity index (χ3v) is 14.8. The minimum Gasteiger partial charge on any atom is -0.382 e. The Labute approximate surface area is 441 Å². The number of likely N-dealkylation sites (tertiary alicyclic amines) is 1. The van der Waals surface area contributed by atoms with E-state index in [-0.39, 0.29) is 73.7 Å². The molecule has 3 aliphatic heterocycles. The summed E-state index contributed by atoms with van der Waals surface area (Å²) in [6, 6.07) is 13.4. The van der Waals surface area contributed by atoms with Crippen LogP contribution in [0.1, 0.15) is 125 Å². The van der Waals surface area contributed by atoms with Crippen LogP contribution in [0.4, 0.5) is 15.9 Å². The Bertz CT molecular complexity index is 2640. The highest BCUT2D eigenvalue weighted by Crippen LogP contribution is 2.42. The zero-order chi connectivity index (χ0) is 54.0. The van der Waals surface area contributed by atoms with Crippen molar-refractivity contribution in [2.24, 2.45) is 5.41 Å². The number of ketones is 1. The van der Waals surface area contributed by atoms with Crippen LogP contribution in [0.15, 0.2) is 60.8 Å². The number of carbonyl (C=O) groups excluding carboxylic acids is 5. The second-order valence-corrected chi connectivity index (χ2v) is 21.2. The summed E-state index contributed by atoms with van der Waals surface area (Å²) in [5.74, 6) is -1.04. The van der Waals surface area contributed by atoms with Crippen LogP contribution in [0.2, 0.25) is 0 Å². The maximum absolute atomic E-state index is 14.7. The molecule has 2 saturated heterocycles. The molecule has 19 heteroatoms. The van der Waals surface area contributed by atoms with E-state index in [1.165, 1.54) is 12.1 Å². The Kier molecular flexibility index (Phi) is 19.2. The number of nitrogens with one attached hydrogen (secondary N) is 4.